The maximum atomic E-state index is 12.5. The molecule has 0 unspecified atom stereocenters. The van der Waals surface area contributed by atoms with Crippen LogP contribution in [-0.2, 0) is 4.79 Å². The monoisotopic (exact) mass is 233 g/mol. The molecule has 0 radical (unpaired) electrons. The van der Waals surface area contributed by atoms with Crippen LogP contribution in [-0.4, -0.2) is 29.3 Å². The van der Waals surface area contributed by atoms with E-state index in [1.54, 1.807) is 0 Å². The van der Waals surface area contributed by atoms with E-state index in [1.807, 2.05) is 6.92 Å². The van der Waals surface area contributed by atoms with Gasteiger partial charge < -0.3 is 0 Å². The van der Waals surface area contributed by atoms with E-state index in [9.17, 15) is 4.79 Å². The highest BCUT2D eigenvalue weighted by molar-refractivity contribution is 5.90. The molecule has 1 aliphatic heterocycles. The smallest absolute Gasteiger partial charge is 0.164 e. The van der Waals surface area contributed by atoms with Crippen molar-refractivity contribution >= 4 is 5.78 Å². The first-order chi connectivity index (χ1) is 8.29. The Hall–Kier alpha value is -0.810. The summed E-state index contributed by atoms with van der Waals surface area (Å²) in [5, 5.41) is 0. The summed E-state index contributed by atoms with van der Waals surface area (Å²) < 4.78 is 0. The second kappa shape index (κ2) is 5.69. The summed E-state index contributed by atoms with van der Waals surface area (Å²) in [4.78, 5) is 15.0. The van der Waals surface area contributed by atoms with Crippen molar-refractivity contribution in [2.75, 3.05) is 13.1 Å². The number of carbonyl (C=O) groups is 1. The summed E-state index contributed by atoms with van der Waals surface area (Å²) in [5.74, 6) is 6.20. The minimum absolute atomic E-state index is 0.135. The number of hydrogen-bond acceptors (Lipinski definition) is 2. The second-order valence-electron chi connectivity index (χ2n) is 5.31. The quantitative estimate of drug-likeness (QED) is 0.699. The van der Waals surface area contributed by atoms with Crippen LogP contribution in [0.3, 0.4) is 0 Å². The van der Waals surface area contributed by atoms with E-state index >= 15 is 0 Å². The van der Waals surface area contributed by atoms with Gasteiger partial charge in [-0.1, -0.05) is 25.2 Å². The fourth-order valence-electron chi connectivity index (χ4n) is 3.39. The summed E-state index contributed by atoms with van der Waals surface area (Å²) in [6, 6.07) is 0. The maximum Gasteiger partial charge on any atom is 0.164 e. The number of piperidine rings is 1. The molecule has 17 heavy (non-hydrogen) atoms. The molecule has 1 aliphatic carbocycles. The van der Waals surface area contributed by atoms with Gasteiger partial charge in [-0.3, -0.25) is 9.69 Å². The van der Waals surface area contributed by atoms with Crippen LogP contribution in [0.5, 0.6) is 0 Å². The van der Waals surface area contributed by atoms with Gasteiger partial charge >= 0.3 is 0 Å². The average Bonchev–Trinajstić information content (AvgIpc) is 2.87. The zero-order valence-corrected chi connectivity index (χ0v) is 10.9. The van der Waals surface area contributed by atoms with E-state index in [4.69, 9.17) is 0 Å². The van der Waals surface area contributed by atoms with Gasteiger partial charge in [-0.15, -0.1) is 5.92 Å². The predicted molar refractivity (Wildman–Crippen MR) is 69.7 cm³/mol. The van der Waals surface area contributed by atoms with Crippen LogP contribution in [0.4, 0.5) is 0 Å². The van der Waals surface area contributed by atoms with E-state index < -0.39 is 0 Å². The molecule has 2 rings (SSSR count). The molecule has 2 aliphatic rings. The molecule has 0 bridgehead atoms. The Balaban J connectivity index is 2.12. The highest BCUT2D eigenvalue weighted by atomic mass is 16.1. The van der Waals surface area contributed by atoms with Crippen molar-refractivity contribution in [2.45, 2.75) is 63.8 Å². The molecular weight excluding hydrogens is 210 g/mol. The van der Waals surface area contributed by atoms with Gasteiger partial charge in [0.25, 0.3) is 0 Å². The highest BCUT2D eigenvalue weighted by Gasteiger charge is 2.45. The van der Waals surface area contributed by atoms with E-state index in [-0.39, 0.29) is 5.54 Å². The lowest BCUT2D eigenvalue weighted by atomic mass is 9.86. The van der Waals surface area contributed by atoms with Gasteiger partial charge in [0.15, 0.2) is 5.78 Å². The molecule has 0 spiro atoms. The van der Waals surface area contributed by atoms with Crippen LogP contribution < -0.4 is 0 Å². The van der Waals surface area contributed by atoms with E-state index in [0.29, 0.717) is 12.2 Å². The number of ketones is 1. The van der Waals surface area contributed by atoms with Gasteiger partial charge in [0, 0.05) is 0 Å². The Labute approximate surface area is 105 Å². The molecule has 0 amide bonds. The largest absolute Gasteiger partial charge is 0.297 e. The zero-order valence-electron chi connectivity index (χ0n) is 10.9. The first-order valence-corrected chi connectivity index (χ1v) is 6.97. The number of carbonyl (C=O) groups excluding carboxylic acids is 1. The lowest BCUT2D eigenvalue weighted by Gasteiger charge is -2.42. The van der Waals surface area contributed by atoms with Gasteiger partial charge in [-0.25, -0.2) is 0 Å². The maximum absolute atomic E-state index is 12.5. The summed E-state index contributed by atoms with van der Waals surface area (Å²) in [7, 11) is 0. The number of rotatable bonds is 3. The average molecular weight is 233 g/mol. The Kier molecular flexibility index (Phi) is 4.23. The fraction of sp³-hybridized carbons (Fsp3) is 0.800. The molecule has 1 saturated carbocycles. The third kappa shape index (κ3) is 2.55. The molecule has 0 aromatic carbocycles. The molecule has 2 heteroatoms. The molecular formula is C15H23NO. The first-order valence-electron chi connectivity index (χ1n) is 6.97. The normalized spacial score (nSPS) is 24.1. The minimum atomic E-state index is -0.135. The van der Waals surface area contributed by atoms with Crippen LogP contribution in [0, 0.1) is 11.8 Å². The third-order valence-corrected chi connectivity index (χ3v) is 4.34. The lowest BCUT2D eigenvalue weighted by molar-refractivity contribution is -0.131. The SMILES string of the molecule is CC#CCC(=O)C1(N2CCCCC2)CCCC1. The Morgan fingerprint density at radius 1 is 1.12 bits per heavy atom. The molecule has 1 saturated heterocycles. The van der Waals surface area contributed by atoms with E-state index in [0.717, 1.165) is 25.9 Å². The van der Waals surface area contributed by atoms with Gasteiger partial charge in [0.1, 0.15) is 0 Å². The lowest BCUT2D eigenvalue weighted by Crippen LogP contribution is -2.54. The van der Waals surface area contributed by atoms with Crippen molar-refractivity contribution < 1.29 is 4.79 Å². The van der Waals surface area contributed by atoms with Crippen LogP contribution in [0.1, 0.15) is 58.3 Å². The Morgan fingerprint density at radius 3 is 2.35 bits per heavy atom. The van der Waals surface area contributed by atoms with Crippen LogP contribution in [0.2, 0.25) is 0 Å². The number of nitrogens with zero attached hydrogens (tertiary/aromatic N) is 1. The number of Topliss-reactive ketones (excluding diaryl/α,β-unsaturated/α-hetero) is 1. The van der Waals surface area contributed by atoms with Crippen molar-refractivity contribution in [3.63, 3.8) is 0 Å². The van der Waals surface area contributed by atoms with Gasteiger partial charge in [0.05, 0.1) is 12.0 Å². The molecule has 0 aromatic rings. The fourth-order valence-corrected chi connectivity index (χ4v) is 3.39. The second-order valence-corrected chi connectivity index (χ2v) is 5.31. The van der Waals surface area contributed by atoms with Crippen LogP contribution in [0.25, 0.3) is 0 Å². The first kappa shape index (κ1) is 12.6. The van der Waals surface area contributed by atoms with Crippen LogP contribution >= 0.6 is 0 Å². The molecule has 1 heterocycles. The molecule has 0 N–H and O–H groups in total. The Morgan fingerprint density at radius 2 is 1.76 bits per heavy atom. The topological polar surface area (TPSA) is 20.3 Å². The van der Waals surface area contributed by atoms with Crippen molar-refractivity contribution in [1.82, 2.24) is 4.90 Å². The van der Waals surface area contributed by atoms with Crippen molar-refractivity contribution in [1.29, 1.82) is 0 Å². The molecule has 2 nitrogen and oxygen atoms in total. The van der Waals surface area contributed by atoms with Gasteiger partial charge in [-0.2, -0.15) is 0 Å². The van der Waals surface area contributed by atoms with Gasteiger partial charge in [-0.05, 0) is 45.7 Å². The van der Waals surface area contributed by atoms with Crippen molar-refractivity contribution in [2.24, 2.45) is 0 Å². The molecule has 94 valence electrons. The predicted octanol–water partition coefficient (Wildman–Crippen LogP) is 2.77. The van der Waals surface area contributed by atoms with Crippen LogP contribution in [0.15, 0.2) is 0 Å². The summed E-state index contributed by atoms with van der Waals surface area (Å²) >= 11 is 0. The molecule has 2 fully saturated rings. The minimum Gasteiger partial charge on any atom is -0.297 e. The van der Waals surface area contributed by atoms with Gasteiger partial charge in [0.2, 0.25) is 0 Å². The van der Waals surface area contributed by atoms with Crippen molar-refractivity contribution in [3.8, 4) is 11.8 Å². The molecule has 0 aromatic heterocycles. The van der Waals surface area contributed by atoms with E-state index in [1.165, 1.54) is 32.1 Å². The zero-order chi connectivity index (χ0) is 12.1. The van der Waals surface area contributed by atoms with E-state index in [2.05, 4.69) is 16.7 Å². The number of likely N-dealkylation sites (tertiary alicyclic amines) is 1. The highest BCUT2D eigenvalue weighted by Crippen LogP contribution is 2.38. The summed E-state index contributed by atoms with van der Waals surface area (Å²) in [6.45, 7) is 4.05. The standard InChI is InChI=1S/C15H23NO/c1-2-3-9-14(17)15(10-5-6-11-15)16-12-7-4-8-13-16/h4-13H2,1H3. The number of hydrogen-bond donors (Lipinski definition) is 0. The summed E-state index contributed by atoms with van der Waals surface area (Å²) in [6.07, 6.45) is 8.85. The third-order valence-electron chi connectivity index (χ3n) is 4.34. The summed E-state index contributed by atoms with van der Waals surface area (Å²) in [5.41, 5.74) is -0.135. The van der Waals surface area contributed by atoms with Crippen molar-refractivity contribution in [3.05, 3.63) is 0 Å². The Bertz CT molecular complexity index is 325. The molecule has 0 atom stereocenters.